The molecule has 0 atom stereocenters. The standard InChI is InChI=1S/C10H7BrClNO/c1-14-8-3-2-6(11)9-7(12)4-5-13-10(8)9/h2-5H,1H3. The minimum atomic E-state index is 0.667. The van der Waals surface area contributed by atoms with Gasteiger partial charge in [0.25, 0.3) is 0 Å². The molecule has 0 saturated carbocycles. The van der Waals surface area contributed by atoms with E-state index in [4.69, 9.17) is 16.3 Å². The summed E-state index contributed by atoms with van der Waals surface area (Å²) in [6.45, 7) is 0. The van der Waals surface area contributed by atoms with Crippen LogP contribution in [0.1, 0.15) is 0 Å². The quantitative estimate of drug-likeness (QED) is 0.790. The molecule has 2 nitrogen and oxygen atoms in total. The lowest BCUT2D eigenvalue weighted by atomic mass is 10.2. The monoisotopic (exact) mass is 271 g/mol. The fraction of sp³-hybridized carbons (Fsp3) is 0.100. The third-order valence-electron chi connectivity index (χ3n) is 1.97. The number of rotatable bonds is 1. The van der Waals surface area contributed by atoms with Gasteiger partial charge in [-0.2, -0.15) is 0 Å². The van der Waals surface area contributed by atoms with Gasteiger partial charge in [-0.1, -0.05) is 27.5 Å². The highest BCUT2D eigenvalue weighted by atomic mass is 79.9. The molecule has 1 aromatic carbocycles. The van der Waals surface area contributed by atoms with Crippen LogP contribution in [-0.2, 0) is 0 Å². The van der Waals surface area contributed by atoms with Crippen LogP contribution in [0.5, 0.6) is 5.75 Å². The summed E-state index contributed by atoms with van der Waals surface area (Å²) in [6.07, 6.45) is 1.67. The van der Waals surface area contributed by atoms with Gasteiger partial charge in [0.15, 0.2) is 0 Å². The number of halogens is 2. The van der Waals surface area contributed by atoms with Crippen LogP contribution >= 0.6 is 27.5 Å². The van der Waals surface area contributed by atoms with E-state index in [-0.39, 0.29) is 0 Å². The Balaban J connectivity index is 2.91. The molecule has 0 amide bonds. The predicted octanol–water partition coefficient (Wildman–Crippen LogP) is 3.66. The molecule has 0 bridgehead atoms. The van der Waals surface area contributed by atoms with E-state index in [0.717, 1.165) is 21.1 Å². The van der Waals surface area contributed by atoms with Crippen molar-refractivity contribution in [3.05, 3.63) is 33.9 Å². The first-order valence-corrected chi connectivity index (χ1v) is 5.18. The second-order valence-electron chi connectivity index (χ2n) is 2.77. The molecule has 0 aliphatic heterocycles. The predicted molar refractivity (Wildman–Crippen MR) is 61.0 cm³/mol. The van der Waals surface area contributed by atoms with Crippen LogP contribution in [0.3, 0.4) is 0 Å². The smallest absolute Gasteiger partial charge is 0.145 e. The summed E-state index contributed by atoms with van der Waals surface area (Å²) in [4.78, 5) is 4.23. The van der Waals surface area contributed by atoms with Gasteiger partial charge in [0.1, 0.15) is 11.3 Å². The maximum atomic E-state index is 6.07. The van der Waals surface area contributed by atoms with Crippen LogP contribution in [-0.4, -0.2) is 12.1 Å². The highest BCUT2D eigenvalue weighted by Gasteiger charge is 2.08. The van der Waals surface area contributed by atoms with Gasteiger partial charge in [0.05, 0.1) is 12.1 Å². The normalized spacial score (nSPS) is 10.5. The van der Waals surface area contributed by atoms with E-state index >= 15 is 0 Å². The fourth-order valence-electron chi connectivity index (χ4n) is 1.33. The highest BCUT2D eigenvalue weighted by Crippen LogP contribution is 2.34. The Kier molecular flexibility index (Phi) is 2.61. The SMILES string of the molecule is COc1ccc(Br)c2c(Cl)ccnc12. The molecule has 0 unspecified atom stereocenters. The van der Waals surface area contributed by atoms with E-state index in [1.165, 1.54) is 0 Å². The minimum absolute atomic E-state index is 0.667. The van der Waals surface area contributed by atoms with Crippen LogP contribution in [0.15, 0.2) is 28.9 Å². The number of hydrogen-bond acceptors (Lipinski definition) is 2. The van der Waals surface area contributed by atoms with Crippen molar-refractivity contribution in [3.63, 3.8) is 0 Å². The van der Waals surface area contributed by atoms with E-state index in [1.54, 1.807) is 19.4 Å². The molecular formula is C10H7BrClNO. The van der Waals surface area contributed by atoms with E-state index in [9.17, 15) is 0 Å². The number of benzene rings is 1. The number of pyridine rings is 1. The zero-order valence-corrected chi connectivity index (χ0v) is 9.76. The van der Waals surface area contributed by atoms with Gasteiger partial charge in [0.2, 0.25) is 0 Å². The lowest BCUT2D eigenvalue weighted by Gasteiger charge is -2.06. The summed E-state index contributed by atoms with van der Waals surface area (Å²) in [7, 11) is 1.62. The van der Waals surface area contributed by atoms with Gasteiger partial charge in [0, 0.05) is 16.1 Å². The van der Waals surface area contributed by atoms with Crippen LogP contribution in [0, 0.1) is 0 Å². The first kappa shape index (κ1) is 9.74. The van der Waals surface area contributed by atoms with Gasteiger partial charge in [-0.25, -0.2) is 0 Å². The Morgan fingerprint density at radius 3 is 2.86 bits per heavy atom. The molecular weight excluding hydrogens is 265 g/mol. The zero-order valence-electron chi connectivity index (χ0n) is 7.42. The van der Waals surface area contributed by atoms with Crippen LogP contribution in [0.4, 0.5) is 0 Å². The van der Waals surface area contributed by atoms with E-state index in [0.29, 0.717) is 5.02 Å². The molecule has 0 aliphatic rings. The lowest BCUT2D eigenvalue weighted by molar-refractivity contribution is 0.419. The number of methoxy groups -OCH3 is 1. The molecule has 0 spiro atoms. The topological polar surface area (TPSA) is 22.1 Å². The van der Waals surface area contributed by atoms with E-state index < -0.39 is 0 Å². The average Bonchev–Trinajstić information content (AvgIpc) is 2.18. The highest BCUT2D eigenvalue weighted by molar-refractivity contribution is 9.10. The first-order valence-electron chi connectivity index (χ1n) is 4.00. The number of aromatic nitrogens is 1. The summed E-state index contributed by atoms with van der Waals surface area (Å²) in [5.74, 6) is 0.728. The second kappa shape index (κ2) is 3.75. The van der Waals surface area contributed by atoms with Crippen molar-refractivity contribution < 1.29 is 4.74 Å². The van der Waals surface area contributed by atoms with Crippen molar-refractivity contribution in [1.82, 2.24) is 4.98 Å². The third-order valence-corrected chi connectivity index (χ3v) is 2.95. The van der Waals surface area contributed by atoms with Gasteiger partial charge in [-0.15, -0.1) is 0 Å². The second-order valence-corrected chi connectivity index (χ2v) is 4.03. The van der Waals surface area contributed by atoms with Crippen molar-refractivity contribution in [2.24, 2.45) is 0 Å². The third kappa shape index (κ3) is 1.47. The molecule has 0 aliphatic carbocycles. The summed E-state index contributed by atoms with van der Waals surface area (Å²) in [5, 5.41) is 1.55. The summed E-state index contributed by atoms with van der Waals surface area (Å²) in [6, 6.07) is 5.51. The number of hydrogen-bond donors (Lipinski definition) is 0. The number of fused-ring (bicyclic) bond motifs is 1. The summed E-state index contributed by atoms with van der Waals surface area (Å²) < 4.78 is 6.12. The molecule has 14 heavy (non-hydrogen) atoms. The molecule has 4 heteroatoms. The van der Waals surface area contributed by atoms with E-state index in [1.807, 2.05) is 12.1 Å². The Bertz CT molecular complexity index is 479. The van der Waals surface area contributed by atoms with Crippen molar-refractivity contribution in [2.75, 3.05) is 7.11 Å². The maximum absolute atomic E-state index is 6.07. The van der Waals surface area contributed by atoms with Crippen molar-refractivity contribution in [1.29, 1.82) is 0 Å². The van der Waals surface area contributed by atoms with E-state index in [2.05, 4.69) is 20.9 Å². The number of nitrogens with zero attached hydrogens (tertiary/aromatic N) is 1. The number of ether oxygens (including phenoxy) is 1. The Hall–Kier alpha value is -0.800. The van der Waals surface area contributed by atoms with Crippen molar-refractivity contribution in [2.45, 2.75) is 0 Å². The molecule has 2 rings (SSSR count). The van der Waals surface area contributed by atoms with Gasteiger partial charge < -0.3 is 4.74 Å². The Morgan fingerprint density at radius 1 is 1.36 bits per heavy atom. The maximum Gasteiger partial charge on any atom is 0.145 e. The molecule has 0 N–H and O–H groups in total. The van der Waals surface area contributed by atoms with Crippen LogP contribution in [0.2, 0.25) is 5.02 Å². The molecule has 0 radical (unpaired) electrons. The summed E-state index contributed by atoms with van der Waals surface area (Å²) in [5.41, 5.74) is 0.773. The van der Waals surface area contributed by atoms with Crippen molar-refractivity contribution in [3.8, 4) is 5.75 Å². The Labute approximate surface area is 95.0 Å². The lowest BCUT2D eigenvalue weighted by Crippen LogP contribution is -1.88. The van der Waals surface area contributed by atoms with Crippen molar-refractivity contribution >= 4 is 38.4 Å². The average molecular weight is 273 g/mol. The largest absolute Gasteiger partial charge is 0.494 e. The zero-order chi connectivity index (χ0) is 10.1. The molecule has 72 valence electrons. The van der Waals surface area contributed by atoms with Gasteiger partial charge >= 0.3 is 0 Å². The Morgan fingerprint density at radius 2 is 2.14 bits per heavy atom. The molecule has 0 saturated heterocycles. The molecule has 2 aromatic rings. The fourth-order valence-corrected chi connectivity index (χ4v) is 2.22. The minimum Gasteiger partial charge on any atom is -0.494 e. The summed E-state index contributed by atoms with van der Waals surface area (Å²) >= 11 is 9.50. The van der Waals surface area contributed by atoms with Crippen LogP contribution in [0.25, 0.3) is 10.9 Å². The van der Waals surface area contributed by atoms with Gasteiger partial charge in [-0.3, -0.25) is 4.98 Å². The first-order chi connectivity index (χ1) is 6.74. The molecule has 0 fully saturated rings. The molecule has 1 heterocycles. The molecule has 1 aromatic heterocycles. The van der Waals surface area contributed by atoms with Gasteiger partial charge in [-0.05, 0) is 18.2 Å². The van der Waals surface area contributed by atoms with Crippen LogP contribution < -0.4 is 4.74 Å².